The van der Waals surface area contributed by atoms with Gasteiger partial charge in [-0.1, -0.05) is 0 Å². The van der Waals surface area contributed by atoms with E-state index < -0.39 is 0 Å². The molecule has 0 fully saturated rings. The fraction of sp³-hybridized carbons (Fsp3) is 0.300. The van der Waals surface area contributed by atoms with Crippen LogP contribution in [-0.4, -0.2) is 27.6 Å². The van der Waals surface area contributed by atoms with Crippen molar-refractivity contribution >= 4 is 6.29 Å². The number of rotatable bonds is 4. The van der Waals surface area contributed by atoms with Gasteiger partial charge >= 0.3 is 0 Å². The fourth-order valence-corrected chi connectivity index (χ4v) is 1.17. The molecule has 0 aliphatic carbocycles. The van der Waals surface area contributed by atoms with Gasteiger partial charge in [-0.15, -0.1) is 0 Å². The molecule has 0 unspecified atom stereocenters. The van der Waals surface area contributed by atoms with E-state index in [1.807, 2.05) is 0 Å². The van der Waals surface area contributed by atoms with Crippen LogP contribution >= 0.6 is 0 Å². The van der Waals surface area contributed by atoms with E-state index in [0.717, 1.165) is 0 Å². The number of hydrogen-bond donors (Lipinski definition) is 0. The molecule has 0 atom stereocenters. The molecule has 0 radical (unpaired) electrons. The van der Waals surface area contributed by atoms with E-state index in [1.165, 1.54) is 21.3 Å². The number of hydrogen-bond acceptors (Lipinski definition) is 4. The minimum Gasteiger partial charge on any atom is -0.497 e. The average Bonchev–Trinajstić information content (AvgIpc) is 2.26. The van der Waals surface area contributed by atoms with Gasteiger partial charge in [-0.25, -0.2) is 0 Å². The van der Waals surface area contributed by atoms with E-state index in [4.69, 9.17) is 14.2 Å². The van der Waals surface area contributed by atoms with Gasteiger partial charge < -0.3 is 14.2 Å². The lowest BCUT2D eigenvalue weighted by atomic mass is 10.2. The molecule has 76 valence electrons. The Hall–Kier alpha value is -1.71. The van der Waals surface area contributed by atoms with Crippen LogP contribution in [0.5, 0.6) is 17.2 Å². The number of methoxy groups -OCH3 is 3. The Kier molecular flexibility index (Phi) is 3.34. The Morgan fingerprint density at radius 3 is 2.21 bits per heavy atom. The van der Waals surface area contributed by atoms with E-state index in [9.17, 15) is 4.79 Å². The summed E-state index contributed by atoms with van der Waals surface area (Å²) in [6.45, 7) is 0. The number of ether oxygens (including phenoxy) is 3. The van der Waals surface area contributed by atoms with Crippen molar-refractivity contribution in [2.45, 2.75) is 0 Å². The zero-order valence-corrected chi connectivity index (χ0v) is 8.37. The highest BCUT2D eigenvalue weighted by Crippen LogP contribution is 2.34. The predicted octanol–water partition coefficient (Wildman–Crippen LogP) is 1.52. The van der Waals surface area contributed by atoms with Crippen LogP contribution in [-0.2, 0) is 0 Å². The van der Waals surface area contributed by atoms with Gasteiger partial charge in [-0.2, -0.15) is 0 Å². The van der Waals surface area contributed by atoms with Crippen LogP contribution in [0.15, 0.2) is 12.1 Å². The molecule has 0 saturated carbocycles. The van der Waals surface area contributed by atoms with Gasteiger partial charge in [0.15, 0.2) is 17.8 Å². The second-order valence-corrected chi connectivity index (χ2v) is 2.57. The lowest BCUT2D eigenvalue weighted by molar-refractivity contribution is 0.111. The van der Waals surface area contributed by atoms with Crippen molar-refractivity contribution in [2.24, 2.45) is 0 Å². The van der Waals surface area contributed by atoms with E-state index in [0.29, 0.717) is 29.1 Å². The average molecular weight is 196 g/mol. The molecule has 0 amide bonds. The first-order valence-electron chi connectivity index (χ1n) is 4.02. The Balaban J connectivity index is 3.31. The van der Waals surface area contributed by atoms with E-state index in [2.05, 4.69) is 0 Å². The SMILES string of the molecule is COc1cc(C=O)c(OC)c(OC)c1. The van der Waals surface area contributed by atoms with Gasteiger partial charge in [0, 0.05) is 6.07 Å². The van der Waals surface area contributed by atoms with Crippen molar-refractivity contribution in [3.63, 3.8) is 0 Å². The summed E-state index contributed by atoms with van der Waals surface area (Å²) in [6.07, 6.45) is 0.698. The van der Waals surface area contributed by atoms with E-state index >= 15 is 0 Å². The third kappa shape index (κ3) is 1.79. The van der Waals surface area contributed by atoms with Crippen molar-refractivity contribution in [2.75, 3.05) is 21.3 Å². The highest BCUT2D eigenvalue weighted by Gasteiger charge is 2.11. The van der Waals surface area contributed by atoms with Crippen LogP contribution in [0.4, 0.5) is 0 Å². The molecule has 0 saturated heterocycles. The highest BCUT2D eigenvalue weighted by atomic mass is 16.5. The van der Waals surface area contributed by atoms with Crippen LogP contribution in [0.3, 0.4) is 0 Å². The molecule has 1 aromatic rings. The lowest BCUT2D eigenvalue weighted by Gasteiger charge is -2.11. The summed E-state index contributed by atoms with van der Waals surface area (Å²) >= 11 is 0. The van der Waals surface area contributed by atoms with Crippen LogP contribution in [0, 0.1) is 0 Å². The predicted molar refractivity (Wildman–Crippen MR) is 51.5 cm³/mol. The molecule has 1 aromatic carbocycles. The van der Waals surface area contributed by atoms with Gasteiger partial charge in [0.2, 0.25) is 0 Å². The number of carbonyl (C=O) groups is 1. The molecule has 4 nitrogen and oxygen atoms in total. The maximum atomic E-state index is 10.7. The van der Waals surface area contributed by atoms with Crippen LogP contribution in [0.25, 0.3) is 0 Å². The first-order chi connectivity index (χ1) is 6.76. The second-order valence-electron chi connectivity index (χ2n) is 2.57. The summed E-state index contributed by atoms with van der Waals surface area (Å²) in [6, 6.07) is 3.25. The minimum absolute atomic E-state index is 0.406. The van der Waals surface area contributed by atoms with Crippen molar-refractivity contribution < 1.29 is 19.0 Å². The van der Waals surface area contributed by atoms with Crippen molar-refractivity contribution in [3.05, 3.63) is 17.7 Å². The molecule has 4 heteroatoms. The summed E-state index contributed by atoms with van der Waals surface area (Å²) < 4.78 is 15.1. The molecule has 0 aliphatic heterocycles. The molecular formula is C10H12O4. The van der Waals surface area contributed by atoms with Crippen LogP contribution in [0.1, 0.15) is 10.4 Å². The standard InChI is InChI=1S/C10H12O4/c1-12-8-4-7(6-11)10(14-3)9(5-8)13-2/h4-6H,1-3H3. The number of aldehydes is 1. The van der Waals surface area contributed by atoms with E-state index in [-0.39, 0.29) is 0 Å². The number of carbonyl (C=O) groups excluding carboxylic acids is 1. The monoisotopic (exact) mass is 196 g/mol. The Labute approximate surface area is 82.4 Å². The molecule has 0 bridgehead atoms. The summed E-state index contributed by atoms with van der Waals surface area (Å²) in [4.78, 5) is 10.7. The Morgan fingerprint density at radius 1 is 1.07 bits per heavy atom. The molecule has 1 rings (SSSR count). The maximum absolute atomic E-state index is 10.7. The molecule has 14 heavy (non-hydrogen) atoms. The molecule has 0 spiro atoms. The minimum atomic E-state index is 0.406. The van der Waals surface area contributed by atoms with E-state index in [1.54, 1.807) is 12.1 Å². The summed E-state index contributed by atoms with van der Waals surface area (Å²) in [5.74, 6) is 1.46. The first-order valence-corrected chi connectivity index (χ1v) is 4.02. The molecule has 0 aromatic heterocycles. The number of benzene rings is 1. The highest BCUT2D eigenvalue weighted by molar-refractivity contribution is 5.82. The van der Waals surface area contributed by atoms with Crippen molar-refractivity contribution in [1.82, 2.24) is 0 Å². The zero-order valence-electron chi connectivity index (χ0n) is 8.37. The second kappa shape index (κ2) is 4.50. The van der Waals surface area contributed by atoms with Crippen molar-refractivity contribution in [1.29, 1.82) is 0 Å². The largest absolute Gasteiger partial charge is 0.497 e. The summed E-state index contributed by atoms with van der Waals surface area (Å²) in [5.41, 5.74) is 0.406. The van der Waals surface area contributed by atoms with Gasteiger partial charge in [0.05, 0.1) is 26.9 Å². The summed E-state index contributed by atoms with van der Waals surface area (Å²) in [7, 11) is 4.51. The molecular weight excluding hydrogens is 184 g/mol. The quantitative estimate of drug-likeness (QED) is 0.685. The maximum Gasteiger partial charge on any atom is 0.171 e. The van der Waals surface area contributed by atoms with Crippen LogP contribution < -0.4 is 14.2 Å². The fourth-order valence-electron chi connectivity index (χ4n) is 1.17. The third-order valence-electron chi connectivity index (χ3n) is 1.84. The normalized spacial score (nSPS) is 9.36. The first kappa shape index (κ1) is 10.4. The Bertz CT molecular complexity index is 333. The third-order valence-corrected chi connectivity index (χ3v) is 1.84. The molecule has 0 heterocycles. The van der Waals surface area contributed by atoms with Gasteiger partial charge in [-0.05, 0) is 6.07 Å². The van der Waals surface area contributed by atoms with Gasteiger partial charge in [0.1, 0.15) is 5.75 Å². The zero-order chi connectivity index (χ0) is 10.6. The van der Waals surface area contributed by atoms with Crippen LogP contribution in [0.2, 0.25) is 0 Å². The molecule has 0 aliphatic rings. The Morgan fingerprint density at radius 2 is 1.79 bits per heavy atom. The van der Waals surface area contributed by atoms with Gasteiger partial charge in [-0.3, -0.25) is 4.79 Å². The smallest absolute Gasteiger partial charge is 0.171 e. The topological polar surface area (TPSA) is 44.8 Å². The molecule has 0 N–H and O–H groups in total. The lowest BCUT2D eigenvalue weighted by Crippen LogP contribution is -1.96. The van der Waals surface area contributed by atoms with Crippen molar-refractivity contribution in [3.8, 4) is 17.2 Å². The summed E-state index contributed by atoms with van der Waals surface area (Å²) in [5, 5.41) is 0. The van der Waals surface area contributed by atoms with Gasteiger partial charge in [0.25, 0.3) is 0 Å².